The van der Waals surface area contributed by atoms with E-state index < -0.39 is 4.92 Å². The van der Waals surface area contributed by atoms with E-state index in [4.69, 9.17) is 5.73 Å². The smallest absolute Gasteiger partial charge is 0.311 e. The number of hydrogen-bond acceptors (Lipinski definition) is 5. The first-order valence-electron chi connectivity index (χ1n) is 6.08. The second kappa shape index (κ2) is 5.62. The van der Waals surface area contributed by atoms with Crippen molar-refractivity contribution in [3.8, 4) is 0 Å². The van der Waals surface area contributed by atoms with Crippen molar-refractivity contribution in [3.05, 3.63) is 40.6 Å². The fourth-order valence-electron chi connectivity index (χ4n) is 2.09. The van der Waals surface area contributed by atoms with Crippen molar-refractivity contribution in [2.45, 2.75) is 6.42 Å². The predicted molar refractivity (Wildman–Crippen MR) is 75.3 cm³/mol. The van der Waals surface area contributed by atoms with Crippen LogP contribution in [0.5, 0.6) is 0 Å². The van der Waals surface area contributed by atoms with Crippen LogP contribution in [-0.2, 0) is 0 Å². The van der Waals surface area contributed by atoms with Crippen LogP contribution in [0.4, 0.5) is 11.4 Å². The molecule has 2 N–H and O–H groups in total. The molecule has 19 heavy (non-hydrogen) atoms. The van der Waals surface area contributed by atoms with Crippen LogP contribution >= 0.6 is 0 Å². The molecule has 0 aliphatic rings. The van der Waals surface area contributed by atoms with Crippen LogP contribution in [-0.4, -0.2) is 30.0 Å². The summed E-state index contributed by atoms with van der Waals surface area (Å²) < 4.78 is 0. The number of benzene rings is 1. The molecule has 0 aliphatic heterocycles. The Morgan fingerprint density at radius 3 is 2.84 bits per heavy atom. The SMILES string of the molecule is CN(CCCN)c1c([N+](=O)[O-])cnc2ccccc12. The summed E-state index contributed by atoms with van der Waals surface area (Å²) in [6.45, 7) is 1.23. The molecule has 100 valence electrons. The maximum Gasteiger partial charge on any atom is 0.311 e. The third kappa shape index (κ3) is 2.63. The van der Waals surface area contributed by atoms with Gasteiger partial charge in [0.1, 0.15) is 11.9 Å². The molecule has 0 unspecified atom stereocenters. The molecule has 0 saturated carbocycles. The lowest BCUT2D eigenvalue weighted by Crippen LogP contribution is -2.22. The zero-order valence-electron chi connectivity index (χ0n) is 10.7. The quantitative estimate of drug-likeness (QED) is 0.655. The minimum atomic E-state index is -0.395. The Bertz CT molecular complexity index is 600. The fourth-order valence-corrected chi connectivity index (χ4v) is 2.09. The van der Waals surface area contributed by atoms with Gasteiger partial charge in [0.2, 0.25) is 0 Å². The average molecular weight is 260 g/mol. The molecule has 1 heterocycles. The van der Waals surface area contributed by atoms with Gasteiger partial charge >= 0.3 is 5.69 Å². The van der Waals surface area contributed by atoms with E-state index in [2.05, 4.69) is 4.98 Å². The van der Waals surface area contributed by atoms with Gasteiger partial charge < -0.3 is 10.6 Å². The van der Waals surface area contributed by atoms with Crippen LogP contribution in [0.2, 0.25) is 0 Å². The summed E-state index contributed by atoms with van der Waals surface area (Å²) in [4.78, 5) is 16.8. The molecule has 6 nitrogen and oxygen atoms in total. The van der Waals surface area contributed by atoms with Gasteiger partial charge in [-0.15, -0.1) is 0 Å². The minimum Gasteiger partial charge on any atom is -0.368 e. The molecule has 0 amide bonds. The highest BCUT2D eigenvalue weighted by molar-refractivity contribution is 5.96. The topological polar surface area (TPSA) is 85.3 Å². The fraction of sp³-hybridized carbons (Fsp3) is 0.308. The van der Waals surface area contributed by atoms with E-state index in [1.807, 2.05) is 36.2 Å². The van der Waals surface area contributed by atoms with Gasteiger partial charge in [0.15, 0.2) is 0 Å². The molecular formula is C13H16N4O2. The van der Waals surface area contributed by atoms with Gasteiger partial charge in [-0.3, -0.25) is 10.1 Å². The van der Waals surface area contributed by atoms with Crippen molar-refractivity contribution in [2.24, 2.45) is 5.73 Å². The van der Waals surface area contributed by atoms with E-state index in [9.17, 15) is 10.1 Å². The molecule has 0 aliphatic carbocycles. The number of nitro groups is 1. The number of fused-ring (bicyclic) bond motifs is 1. The molecule has 1 aromatic carbocycles. The van der Waals surface area contributed by atoms with E-state index in [-0.39, 0.29) is 5.69 Å². The first-order chi connectivity index (χ1) is 9.15. The Balaban J connectivity index is 2.58. The summed E-state index contributed by atoms with van der Waals surface area (Å²) in [5.41, 5.74) is 6.87. The highest BCUT2D eigenvalue weighted by atomic mass is 16.6. The van der Waals surface area contributed by atoms with Crippen molar-refractivity contribution in [1.29, 1.82) is 0 Å². The van der Waals surface area contributed by atoms with Crippen molar-refractivity contribution in [1.82, 2.24) is 4.98 Å². The third-order valence-electron chi connectivity index (χ3n) is 3.00. The molecule has 1 aromatic heterocycles. The maximum absolute atomic E-state index is 11.2. The van der Waals surface area contributed by atoms with Gasteiger partial charge in [-0.25, -0.2) is 4.98 Å². The normalized spacial score (nSPS) is 10.6. The lowest BCUT2D eigenvalue weighted by atomic mass is 10.1. The summed E-state index contributed by atoms with van der Waals surface area (Å²) in [6, 6.07) is 7.42. The molecule has 2 rings (SSSR count). The molecular weight excluding hydrogens is 244 g/mol. The summed E-state index contributed by atoms with van der Waals surface area (Å²) in [7, 11) is 1.84. The van der Waals surface area contributed by atoms with E-state index in [1.165, 1.54) is 6.20 Å². The van der Waals surface area contributed by atoms with Gasteiger partial charge in [0.05, 0.1) is 10.4 Å². The van der Waals surface area contributed by atoms with E-state index in [0.29, 0.717) is 18.8 Å². The van der Waals surface area contributed by atoms with Crippen molar-refractivity contribution < 1.29 is 4.92 Å². The number of hydrogen-bond donors (Lipinski definition) is 1. The van der Waals surface area contributed by atoms with Crippen LogP contribution in [0.15, 0.2) is 30.5 Å². The number of rotatable bonds is 5. The zero-order valence-corrected chi connectivity index (χ0v) is 10.7. The Labute approximate surface area is 111 Å². The first kappa shape index (κ1) is 13.2. The molecule has 0 fully saturated rings. The Morgan fingerprint density at radius 1 is 1.42 bits per heavy atom. The van der Waals surface area contributed by atoms with Crippen molar-refractivity contribution >= 4 is 22.3 Å². The maximum atomic E-state index is 11.2. The Hall–Kier alpha value is -2.21. The number of pyridine rings is 1. The number of para-hydroxylation sites is 1. The largest absolute Gasteiger partial charge is 0.368 e. The van der Waals surface area contributed by atoms with Gasteiger partial charge in [-0.2, -0.15) is 0 Å². The van der Waals surface area contributed by atoms with Crippen LogP contribution in [0, 0.1) is 10.1 Å². The first-order valence-corrected chi connectivity index (χ1v) is 6.08. The lowest BCUT2D eigenvalue weighted by Gasteiger charge is -2.20. The number of nitrogens with zero attached hydrogens (tertiary/aromatic N) is 3. The number of anilines is 1. The summed E-state index contributed by atoms with van der Waals surface area (Å²) in [5.74, 6) is 0. The molecule has 6 heteroatoms. The summed E-state index contributed by atoms with van der Waals surface area (Å²) in [5, 5.41) is 11.9. The molecule has 0 atom stereocenters. The van der Waals surface area contributed by atoms with Gasteiger partial charge in [0, 0.05) is 19.0 Å². The van der Waals surface area contributed by atoms with Crippen LogP contribution < -0.4 is 10.6 Å². The van der Waals surface area contributed by atoms with E-state index >= 15 is 0 Å². The predicted octanol–water partition coefficient (Wildman–Crippen LogP) is 1.93. The van der Waals surface area contributed by atoms with Crippen LogP contribution in [0.1, 0.15) is 6.42 Å². The summed E-state index contributed by atoms with van der Waals surface area (Å²) >= 11 is 0. The average Bonchev–Trinajstić information content (AvgIpc) is 2.43. The Kier molecular flexibility index (Phi) is 3.91. The number of nitrogens with two attached hydrogens (primary N) is 1. The second-order valence-electron chi connectivity index (χ2n) is 4.33. The van der Waals surface area contributed by atoms with Crippen LogP contribution in [0.25, 0.3) is 10.9 Å². The third-order valence-corrected chi connectivity index (χ3v) is 3.00. The monoisotopic (exact) mass is 260 g/mol. The highest BCUT2D eigenvalue weighted by Gasteiger charge is 2.20. The van der Waals surface area contributed by atoms with Crippen LogP contribution in [0.3, 0.4) is 0 Å². The van der Waals surface area contributed by atoms with Gasteiger partial charge in [-0.05, 0) is 19.0 Å². The molecule has 0 radical (unpaired) electrons. The number of aromatic nitrogens is 1. The minimum absolute atomic E-state index is 0.0261. The van der Waals surface area contributed by atoms with E-state index in [0.717, 1.165) is 17.3 Å². The Morgan fingerprint density at radius 2 is 2.16 bits per heavy atom. The highest BCUT2D eigenvalue weighted by Crippen LogP contribution is 2.33. The molecule has 0 bridgehead atoms. The van der Waals surface area contributed by atoms with Crippen molar-refractivity contribution in [3.63, 3.8) is 0 Å². The molecule has 0 saturated heterocycles. The van der Waals surface area contributed by atoms with Crippen molar-refractivity contribution in [2.75, 3.05) is 25.0 Å². The molecule has 0 spiro atoms. The molecule has 2 aromatic rings. The van der Waals surface area contributed by atoms with E-state index in [1.54, 1.807) is 0 Å². The standard InChI is InChI=1S/C13H16N4O2/c1-16(8-4-7-14)13-10-5-2-3-6-11(10)15-9-12(13)17(18)19/h2-3,5-6,9H,4,7-8,14H2,1H3. The lowest BCUT2D eigenvalue weighted by molar-refractivity contribution is -0.384. The second-order valence-corrected chi connectivity index (χ2v) is 4.33. The zero-order chi connectivity index (χ0) is 13.8. The summed E-state index contributed by atoms with van der Waals surface area (Å²) in [6.07, 6.45) is 2.10. The van der Waals surface area contributed by atoms with Gasteiger partial charge in [0.25, 0.3) is 0 Å². The van der Waals surface area contributed by atoms with Gasteiger partial charge in [-0.1, -0.05) is 18.2 Å².